The van der Waals surface area contributed by atoms with Crippen LogP contribution in [0.3, 0.4) is 0 Å². The normalized spacial score (nSPS) is 10.0. The molecule has 0 saturated carbocycles. The number of para-hydroxylation sites is 1. The number of rotatable bonds is 3. The number of nitrogens with zero attached hydrogens (tertiary/aromatic N) is 2. The molecule has 0 radical (unpaired) electrons. The zero-order chi connectivity index (χ0) is 13.0. The van der Waals surface area contributed by atoms with Crippen LogP contribution in [0.1, 0.15) is 5.56 Å². The van der Waals surface area contributed by atoms with Gasteiger partial charge in [0.05, 0.1) is 35.0 Å². The predicted octanol–water partition coefficient (Wildman–Crippen LogP) is 2.37. The molecule has 0 spiro atoms. The second kappa shape index (κ2) is 5.52. The summed E-state index contributed by atoms with van der Waals surface area (Å²) in [7, 11) is 1.34. The standard InChI is InChI=1S/C13H10N2O2S/c1-17-13(16)8-18-12-6-9(7-14)10-4-2-3-5-11(10)15-12/h2-6H,8H2,1H3. The first kappa shape index (κ1) is 12.4. The summed E-state index contributed by atoms with van der Waals surface area (Å²) in [5.41, 5.74) is 1.32. The molecule has 90 valence electrons. The maximum Gasteiger partial charge on any atom is 0.316 e. The van der Waals surface area contributed by atoms with Gasteiger partial charge >= 0.3 is 5.97 Å². The lowest BCUT2D eigenvalue weighted by atomic mass is 10.1. The maximum atomic E-state index is 11.1. The minimum absolute atomic E-state index is 0.187. The summed E-state index contributed by atoms with van der Waals surface area (Å²) in [4.78, 5) is 15.5. The Bertz CT molecular complexity index is 634. The third kappa shape index (κ3) is 2.60. The second-order valence-electron chi connectivity index (χ2n) is 3.50. The van der Waals surface area contributed by atoms with Gasteiger partial charge in [-0.3, -0.25) is 4.79 Å². The molecule has 0 atom stereocenters. The Balaban J connectivity index is 2.36. The lowest BCUT2D eigenvalue weighted by Crippen LogP contribution is -2.03. The number of carbonyl (C=O) groups is 1. The van der Waals surface area contributed by atoms with Crippen molar-refractivity contribution in [2.75, 3.05) is 12.9 Å². The minimum atomic E-state index is -0.312. The highest BCUT2D eigenvalue weighted by molar-refractivity contribution is 7.99. The van der Waals surface area contributed by atoms with Crippen LogP contribution in [0.4, 0.5) is 0 Å². The Kier molecular flexibility index (Phi) is 3.80. The van der Waals surface area contributed by atoms with E-state index in [2.05, 4.69) is 15.8 Å². The molecule has 1 heterocycles. The van der Waals surface area contributed by atoms with Gasteiger partial charge in [-0.15, -0.1) is 0 Å². The van der Waals surface area contributed by atoms with Gasteiger partial charge in [-0.1, -0.05) is 30.0 Å². The number of hydrogen-bond donors (Lipinski definition) is 0. The number of methoxy groups -OCH3 is 1. The van der Waals surface area contributed by atoms with Crippen molar-refractivity contribution < 1.29 is 9.53 Å². The third-order valence-electron chi connectivity index (χ3n) is 2.38. The summed E-state index contributed by atoms with van der Waals surface area (Å²) in [6.07, 6.45) is 0. The maximum absolute atomic E-state index is 11.1. The average Bonchev–Trinajstić information content (AvgIpc) is 2.43. The first-order valence-corrected chi connectivity index (χ1v) is 6.22. The molecule has 0 unspecified atom stereocenters. The molecule has 0 saturated heterocycles. The molecule has 1 aromatic heterocycles. The fourth-order valence-electron chi connectivity index (χ4n) is 1.51. The monoisotopic (exact) mass is 258 g/mol. The molecule has 0 aliphatic rings. The summed E-state index contributed by atoms with van der Waals surface area (Å²) >= 11 is 1.26. The number of fused-ring (bicyclic) bond motifs is 1. The van der Waals surface area contributed by atoms with Gasteiger partial charge in [0.2, 0.25) is 0 Å². The van der Waals surface area contributed by atoms with Crippen LogP contribution >= 0.6 is 11.8 Å². The molecule has 2 rings (SSSR count). The van der Waals surface area contributed by atoms with Crippen molar-refractivity contribution in [3.05, 3.63) is 35.9 Å². The fourth-order valence-corrected chi connectivity index (χ4v) is 2.26. The van der Waals surface area contributed by atoms with Crippen molar-refractivity contribution in [2.45, 2.75) is 5.03 Å². The van der Waals surface area contributed by atoms with Crippen LogP contribution in [0.5, 0.6) is 0 Å². The highest BCUT2D eigenvalue weighted by Crippen LogP contribution is 2.23. The van der Waals surface area contributed by atoms with Gasteiger partial charge in [0.15, 0.2) is 0 Å². The summed E-state index contributed by atoms with van der Waals surface area (Å²) in [5.74, 6) is -0.124. The van der Waals surface area contributed by atoms with Crippen LogP contribution < -0.4 is 0 Å². The van der Waals surface area contributed by atoms with Crippen LogP contribution in [0.15, 0.2) is 35.4 Å². The van der Waals surface area contributed by atoms with E-state index >= 15 is 0 Å². The van der Waals surface area contributed by atoms with Crippen LogP contribution in [0, 0.1) is 11.3 Å². The van der Waals surface area contributed by atoms with Gasteiger partial charge in [0.25, 0.3) is 0 Å². The Hall–Kier alpha value is -2.06. The summed E-state index contributed by atoms with van der Waals surface area (Å²) in [5, 5.41) is 10.6. The van der Waals surface area contributed by atoms with E-state index in [1.165, 1.54) is 18.9 Å². The van der Waals surface area contributed by atoms with Crippen LogP contribution in [0.25, 0.3) is 10.9 Å². The van der Waals surface area contributed by atoms with Crippen LogP contribution in [0.2, 0.25) is 0 Å². The second-order valence-corrected chi connectivity index (χ2v) is 4.50. The van der Waals surface area contributed by atoms with Gasteiger partial charge in [-0.25, -0.2) is 4.98 Å². The predicted molar refractivity (Wildman–Crippen MR) is 69.2 cm³/mol. The van der Waals surface area contributed by atoms with E-state index in [4.69, 9.17) is 5.26 Å². The zero-order valence-electron chi connectivity index (χ0n) is 9.71. The zero-order valence-corrected chi connectivity index (χ0v) is 10.5. The van der Waals surface area contributed by atoms with Gasteiger partial charge in [-0.2, -0.15) is 5.26 Å². The number of nitriles is 1. The molecule has 4 nitrogen and oxygen atoms in total. The Morgan fingerprint density at radius 3 is 3.00 bits per heavy atom. The molecule has 0 aliphatic heterocycles. The minimum Gasteiger partial charge on any atom is -0.468 e. The largest absolute Gasteiger partial charge is 0.468 e. The first-order valence-electron chi connectivity index (χ1n) is 5.24. The van der Waals surface area contributed by atoms with Crippen molar-refractivity contribution in [2.24, 2.45) is 0 Å². The lowest BCUT2D eigenvalue weighted by molar-refractivity contribution is -0.137. The fraction of sp³-hybridized carbons (Fsp3) is 0.154. The first-order chi connectivity index (χ1) is 8.74. The van der Waals surface area contributed by atoms with Crippen LogP contribution in [-0.2, 0) is 9.53 Å². The molecular formula is C13H10N2O2S. The Morgan fingerprint density at radius 1 is 1.50 bits per heavy atom. The van der Waals surface area contributed by atoms with E-state index in [-0.39, 0.29) is 11.7 Å². The highest BCUT2D eigenvalue weighted by atomic mass is 32.2. The number of hydrogen-bond acceptors (Lipinski definition) is 5. The Morgan fingerprint density at radius 2 is 2.28 bits per heavy atom. The molecule has 0 amide bonds. The molecule has 2 aromatic rings. The molecule has 5 heteroatoms. The summed E-state index contributed by atoms with van der Waals surface area (Å²) in [6, 6.07) is 11.3. The molecule has 0 bridgehead atoms. The smallest absolute Gasteiger partial charge is 0.316 e. The third-order valence-corrected chi connectivity index (χ3v) is 3.26. The molecule has 0 aliphatic carbocycles. The number of esters is 1. The van der Waals surface area contributed by atoms with E-state index in [9.17, 15) is 4.79 Å². The number of pyridine rings is 1. The van der Waals surface area contributed by atoms with E-state index in [0.717, 1.165) is 10.9 Å². The van der Waals surface area contributed by atoms with Crippen molar-refractivity contribution in [3.63, 3.8) is 0 Å². The van der Waals surface area contributed by atoms with Crippen molar-refractivity contribution >= 4 is 28.6 Å². The SMILES string of the molecule is COC(=O)CSc1cc(C#N)c2ccccc2n1. The van der Waals surface area contributed by atoms with E-state index < -0.39 is 0 Å². The van der Waals surface area contributed by atoms with Gasteiger partial charge in [0.1, 0.15) is 0 Å². The number of thioether (sulfide) groups is 1. The van der Waals surface area contributed by atoms with Gasteiger partial charge < -0.3 is 4.74 Å². The molecular weight excluding hydrogens is 248 g/mol. The van der Waals surface area contributed by atoms with Crippen molar-refractivity contribution in [1.82, 2.24) is 4.98 Å². The highest BCUT2D eigenvalue weighted by Gasteiger charge is 2.07. The van der Waals surface area contributed by atoms with Crippen molar-refractivity contribution in [1.29, 1.82) is 5.26 Å². The van der Waals surface area contributed by atoms with E-state index in [1.807, 2.05) is 24.3 Å². The van der Waals surface area contributed by atoms with E-state index in [0.29, 0.717) is 10.6 Å². The van der Waals surface area contributed by atoms with Gasteiger partial charge in [-0.05, 0) is 12.1 Å². The number of aromatic nitrogens is 1. The van der Waals surface area contributed by atoms with E-state index in [1.54, 1.807) is 6.07 Å². The molecule has 0 N–H and O–H groups in total. The molecule has 18 heavy (non-hydrogen) atoms. The topological polar surface area (TPSA) is 63.0 Å². The lowest BCUT2D eigenvalue weighted by Gasteiger charge is -2.04. The number of benzene rings is 1. The number of ether oxygens (including phenoxy) is 1. The van der Waals surface area contributed by atoms with Gasteiger partial charge in [0, 0.05) is 5.39 Å². The molecule has 1 aromatic carbocycles. The van der Waals surface area contributed by atoms with Crippen molar-refractivity contribution in [3.8, 4) is 6.07 Å². The summed E-state index contributed by atoms with van der Waals surface area (Å²) < 4.78 is 4.56. The Labute approximate surface area is 109 Å². The molecule has 0 fully saturated rings. The quantitative estimate of drug-likeness (QED) is 0.624. The summed E-state index contributed by atoms with van der Waals surface area (Å²) in [6.45, 7) is 0. The van der Waals surface area contributed by atoms with Crippen LogP contribution in [-0.4, -0.2) is 23.8 Å². The number of carbonyl (C=O) groups excluding carboxylic acids is 1. The average molecular weight is 258 g/mol.